The lowest BCUT2D eigenvalue weighted by Gasteiger charge is -2.36. The summed E-state index contributed by atoms with van der Waals surface area (Å²) in [6.45, 7) is 7.01. The van der Waals surface area contributed by atoms with Gasteiger partial charge in [-0.25, -0.2) is 0 Å². The maximum Gasteiger partial charge on any atom is 0.236 e. The maximum absolute atomic E-state index is 12.2. The van der Waals surface area contributed by atoms with Gasteiger partial charge in [-0.15, -0.1) is 0 Å². The lowest BCUT2D eigenvalue weighted by Crippen LogP contribution is -2.48. The van der Waals surface area contributed by atoms with Gasteiger partial charge < -0.3 is 14.7 Å². The summed E-state index contributed by atoms with van der Waals surface area (Å²) in [5.41, 5.74) is 0. The van der Waals surface area contributed by atoms with Gasteiger partial charge in [0.05, 0.1) is 25.9 Å². The zero-order valence-electron chi connectivity index (χ0n) is 11.2. The Morgan fingerprint density at radius 2 is 2.11 bits per heavy atom. The van der Waals surface area contributed by atoms with E-state index in [0.717, 1.165) is 45.7 Å². The van der Waals surface area contributed by atoms with Crippen LogP contribution >= 0.6 is 0 Å². The SMILES string of the molecule is CC(O)C1CCCN(C(=O)CN2CCOCC2)C1. The molecule has 0 bridgehead atoms. The summed E-state index contributed by atoms with van der Waals surface area (Å²) in [6, 6.07) is 0. The fourth-order valence-electron chi connectivity index (χ4n) is 2.68. The molecule has 2 aliphatic heterocycles. The van der Waals surface area contributed by atoms with Crippen molar-refractivity contribution in [3.8, 4) is 0 Å². The van der Waals surface area contributed by atoms with Crippen molar-refractivity contribution in [3.63, 3.8) is 0 Å². The molecule has 0 spiro atoms. The van der Waals surface area contributed by atoms with Crippen molar-refractivity contribution in [3.05, 3.63) is 0 Å². The summed E-state index contributed by atoms with van der Waals surface area (Å²) in [5, 5.41) is 9.63. The van der Waals surface area contributed by atoms with Crippen molar-refractivity contribution in [2.75, 3.05) is 45.9 Å². The number of aliphatic hydroxyl groups excluding tert-OH is 1. The van der Waals surface area contributed by atoms with E-state index in [1.807, 2.05) is 11.8 Å². The molecule has 2 rings (SSSR count). The fraction of sp³-hybridized carbons (Fsp3) is 0.923. The molecular weight excluding hydrogens is 232 g/mol. The van der Waals surface area contributed by atoms with Gasteiger partial charge in [-0.3, -0.25) is 9.69 Å². The maximum atomic E-state index is 12.2. The highest BCUT2D eigenvalue weighted by Crippen LogP contribution is 2.19. The predicted molar refractivity (Wildman–Crippen MR) is 68.2 cm³/mol. The second-order valence-corrected chi connectivity index (χ2v) is 5.37. The number of hydrogen-bond donors (Lipinski definition) is 1. The number of rotatable bonds is 3. The van der Waals surface area contributed by atoms with E-state index < -0.39 is 0 Å². The number of ether oxygens (including phenoxy) is 1. The van der Waals surface area contributed by atoms with Crippen molar-refractivity contribution in [2.45, 2.75) is 25.9 Å². The number of piperidine rings is 1. The molecule has 2 saturated heterocycles. The lowest BCUT2D eigenvalue weighted by atomic mass is 9.93. The molecule has 18 heavy (non-hydrogen) atoms. The molecule has 0 aromatic carbocycles. The van der Waals surface area contributed by atoms with Gasteiger partial charge in [-0.1, -0.05) is 0 Å². The van der Waals surface area contributed by atoms with Gasteiger partial charge in [-0.05, 0) is 19.8 Å². The van der Waals surface area contributed by atoms with Gasteiger partial charge in [0.25, 0.3) is 0 Å². The first kappa shape index (κ1) is 13.8. The molecule has 2 fully saturated rings. The van der Waals surface area contributed by atoms with Crippen LogP contribution in [-0.4, -0.2) is 72.9 Å². The van der Waals surface area contributed by atoms with Crippen molar-refractivity contribution >= 4 is 5.91 Å². The number of aliphatic hydroxyl groups is 1. The smallest absolute Gasteiger partial charge is 0.236 e. The summed E-state index contributed by atoms with van der Waals surface area (Å²) in [4.78, 5) is 16.3. The molecule has 0 radical (unpaired) electrons. The Kier molecular flexibility index (Phi) is 4.97. The Bertz CT molecular complexity index is 277. The molecule has 104 valence electrons. The molecule has 2 atom stereocenters. The van der Waals surface area contributed by atoms with Gasteiger partial charge in [0.2, 0.25) is 5.91 Å². The van der Waals surface area contributed by atoms with E-state index >= 15 is 0 Å². The zero-order chi connectivity index (χ0) is 13.0. The van der Waals surface area contributed by atoms with E-state index in [9.17, 15) is 9.90 Å². The van der Waals surface area contributed by atoms with Crippen LogP contribution in [0.15, 0.2) is 0 Å². The van der Waals surface area contributed by atoms with Crippen LogP contribution in [0.5, 0.6) is 0 Å². The Morgan fingerprint density at radius 3 is 2.78 bits per heavy atom. The first-order valence-corrected chi connectivity index (χ1v) is 6.93. The summed E-state index contributed by atoms with van der Waals surface area (Å²) in [7, 11) is 0. The molecule has 5 nitrogen and oxygen atoms in total. The first-order valence-electron chi connectivity index (χ1n) is 6.93. The quantitative estimate of drug-likeness (QED) is 0.768. The molecule has 0 aliphatic carbocycles. The zero-order valence-corrected chi connectivity index (χ0v) is 11.2. The third-order valence-corrected chi connectivity index (χ3v) is 3.96. The molecule has 2 aliphatic rings. The van der Waals surface area contributed by atoms with Crippen LogP contribution in [0.4, 0.5) is 0 Å². The number of amides is 1. The standard InChI is InChI=1S/C13H24N2O3/c1-11(16)12-3-2-4-15(9-12)13(17)10-14-5-7-18-8-6-14/h11-12,16H,2-10H2,1H3. The number of nitrogens with zero attached hydrogens (tertiary/aromatic N) is 2. The van der Waals surface area contributed by atoms with E-state index in [4.69, 9.17) is 4.74 Å². The topological polar surface area (TPSA) is 53.0 Å². The van der Waals surface area contributed by atoms with Crippen LogP contribution in [0.3, 0.4) is 0 Å². The van der Waals surface area contributed by atoms with E-state index in [0.29, 0.717) is 13.1 Å². The molecule has 0 aromatic rings. The number of likely N-dealkylation sites (tertiary alicyclic amines) is 1. The number of morpholine rings is 1. The third kappa shape index (κ3) is 3.67. The predicted octanol–water partition coefficient (Wildman–Crippen LogP) is -0.0620. The van der Waals surface area contributed by atoms with Crippen molar-refractivity contribution < 1.29 is 14.6 Å². The average Bonchev–Trinajstić information content (AvgIpc) is 2.40. The molecule has 0 aromatic heterocycles. The third-order valence-electron chi connectivity index (χ3n) is 3.96. The summed E-state index contributed by atoms with van der Waals surface area (Å²) >= 11 is 0. The highest BCUT2D eigenvalue weighted by molar-refractivity contribution is 5.78. The van der Waals surface area contributed by atoms with Crippen LogP contribution < -0.4 is 0 Å². The van der Waals surface area contributed by atoms with Crippen LogP contribution in [0, 0.1) is 5.92 Å². The average molecular weight is 256 g/mol. The first-order chi connectivity index (χ1) is 8.66. The number of hydrogen-bond acceptors (Lipinski definition) is 4. The van der Waals surface area contributed by atoms with E-state index in [1.165, 1.54) is 0 Å². The van der Waals surface area contributed by atoms with E-state index in [1.54, 1.807) is 0 Å². The molecule has 2 unspecified atom stereocenters. The normalized spacial score (nSPS) is 28.1. The number of carbonyl (C=O) groups excluding carboxylic acids is 1. The Balaban J connectivity index is 1.80. The molecular formula is C13H24N2O3. The summed E-state index contributed by atoms with van der Waals surface area (Å²) in [5.74, 6) is 0.439. The van der Waals surface area contributed by atoms with Crippen LogP contribution in [0.25, 0.3) is 0 Å². The number of carbonyl (C=O) groups is 1. The molecule has 0 saturated carbocycles. The van der Waals surface area contributed by atoms with Crippen LogP contribution in [0.2, 0.25) is 0 Å². The largest absolute Gasteiger partial charge is 0.393 e. The molecule has 1 amide bonds. The minimum absolute atomic E-state index is 0.197. The highest BCUT2D eigenvalue weighted by Gasteiger charge is 2.27. The molecule has 1 N–H and O–H groups in total. The minimum atomic E-state index is -0.316. The van der Waals surface area contributed by atoms with Gasteiger partial charge in [0.15, 0.2) is 0 Å². The highest BCUT2D eigenvalue weighted by atomic mass is 16.5. The minimum Gasteiger partial charge on any atom is -0.393 e. The monoisotopic (exact) mass is 256 g/mol. The fourth-order valence-corrected chi connectivity index (χ4v) is 2.68. The van der Waals surface area contributed by atoms with Gasteiger partial charge in [0, 0.05) is 32.1 Å². The van der Waals surface area contributed by atoms with Crippen molar-refractivity contribution in [1.82, 2.24) is 9.80 Å². The second kappa shape index (κ2) is 6.50. The van der Waals surface area contributed by atoms with E-state index in [-0.39, 0.29) is 17.9 Å². The van der Waals surface area contributed by atoms with Crippen molar-refractivity contribution in [2.24, 2.45) is 5.92 Å². The van der Waals surface area contributed by atoms with Crippen molar-refractivity contribution in [1.29, 1.82) is 0 Å². The second-order valence-electron chi connectivity index (χ2n) is 5.37. The van der Waals surface area contributed by atoms with Gasteiger partial charge in [-0.2, -0.15) is 0 Å². The molecule has 5 heteroatoms. The summed E-state index contributed by atoms with van der Waals surface area (Å²) in [6.07, 6.45) is 1.72. The van der Waals surface area contributed by atoms with Crippen LogP contribution in [0.1, 0.15) is 19.8 Å². The van der Waals surface area contributed by atoms with Gasteiger partial charge in [0.1, 0.15) is 0 Å². The van der Waals surface area contributed by atoms with Crippen LogP contribution in [-0.2, 0) is 9.53 Å². The Labute approximate surface area is 109 Å². The molecule has 2 heterocycles. The van der Waals surface area contributed by atoms with E-state index in [2.05, 4.69) is 4.90 Å². The Morgan fingerprint density at radius 1 is 1.39 bits per heavy atom. The van der Waals surface area contributed by atoms with Gasteiger partial charge >= 0.3 is 0 Å². The Hall–Kier alpha value is -0.650. The lowest BCUT2D eigenvalue weighted by molar-refractivity contribution is -0.136. The summed E-state index contributed by atoms with van der Waals surface area (Å²) < 4.78 is 5.28.